The van der Waals surface area contributed by atoms with Crippen LogP contribution in [-0.4, -0.2) is 9.19 Å². The molecule has 1 atom stereocenters. The molecule has 0 radical (unpaired) electrons. The Balaban J connectivity index is 2.52. The van der Waals surface area contributed by atoms with Crippen LogP contribution in [0.4, 0.5) is 0 Å². The number of hydrogen-bond acceptors (Lipinski definition) is 2. The summed E-state index contributed by atoms with van der Waals surface area (Å²) in [4.78, 5) is 5.14. The summed E-state index contributed by atoms with van der Waals surface area (Å²) in [7, 11) is -1.12. The van der Waals surface area contributed by atoms with Gasteiger partial charge in [0.1, 0.15) is 0 Å². The third-order valence-corrected chi connectivity index (χ3v) is 3.25. The summed E-state index contributed by atoms with van der Waals surface area (Å²) in [5.74, 6) is 0.364. The molecule has 2 heterocycles. The molecule has 1 aliphatic heterocycles. The van der Waals surface area contributed by atoms with Gasteiger partial charge in [-0.05, 0) is 18.1 Å². The van der Waals surface area contributed by atoms with Gasteiger partial charge in [-0.15, -0.1) is 0 Å². The van der Waals surface area contributed by atoms with E-state index < -0.39 is 11.0 Å². The van der Waals surface area contributed by atoms with Crippen LogP contribution in [0, 0.1) is 0 Å². The fourth-order valence-corrected chi connectivity index (χ4v) is 2.19. The maximum atomic E-state index is 11.6. The molecule has 1 unspecified atom stereocenters. The lowest BCUT2D eigenvalue weighted by Crippen LogP contribution is -2.15. The summed E-state index contributed by atoms with van der Waals surface area (Å²) in [5, 5.41) is 0. The second kappa shape index (κ2) is 3.53. The largest absolute Gasteiger partial charge is 0.308 e. The van der Waals surface area contributed by atoms with Gasteiger partial charge in [0.25, 0.3) is 0 Å². The van der Waals surface area contributed by atoms with Crippen molar-refractivity contribution in [2.45, 2.75) is 24.7 Å². The van der Waals surface area contributed by atoms with E-state index in [-0.39, 0.29) is 0 Å². The van der Waals surface area contributed by atoms with E-state index in [0.29, 0.717) is 5.92 Å². The molecule has 1 aromatic rings. The molecule has 1 N–H and O–H groups in total. The lowest BCUT2D eigenvalue weighted by Gasteiger charge is -2.13. The Morgan fingerprint density at radius 1 is 1.50 bits per heavy atom. The Hall–Kier alpha value is -1.16. The molecule has 74 valence electrons. The first-order valence-corrected chi connectivity index (χ1v) is 5.68. The van der Waals surface area contributed by atoms with Crippen molar-refractivity contribution in [2.24, 2.45) is 0 Å². The van der Waals surface area contributed by atoms with Gasteiger partial charge in [-0.3, -0.25) is 4.98 Å². The van der Waals surface area contributed by atoms with Crippen LogP contribution in [0.2, 0.25) is 0 Å². The Labute approximate surface area is 85.8 Å². The van der Waals surface area contributed by atoms with E-state index in [0.717, 1.165) is 16.2 Å². The SMILES string of the molecule is CC(C)c1cc2c(cn1)C=CNS2=O. The first kappa shape index (κ1) is 9.40. The first-order chi connectivity index (χ1) is 6.68. The van der Waals surface area contributed by atoms with Gasteiger partial charge < -0.3 is 4.72 Å². The van der Waals surface area contributed by atoms with Crippen molar-refractivity contribution in [1.29, 1.82) is 0 Å². The number of nitrogens with one attached hydrogen (secondary N) is 1. The zero-order valence-electron chi connectivity index (χ0n) is 8.15. The second-order valence-electron chi connectivity index (χ2n) is 3.52. The molecular weight excluding hydrogens is 196 g/mol. The normalized spacial score (nSPS) is 19.2. The molecule has 3 nitrogen and oxygen atoms in total. The van der Waals surface area contributed by atoms with E-state index in [4.69, 9.17) is 0 Å². The van der Waals surface area contributed by atoms with Crippen LogP contribution in [0.5, 0.6) is 0 Å². The predicted octanol–water partition coefficient (Wildman–Crippen LogP) is 1.80. The quantitative estimate of drug-likeness (QED) is 0.764. The number of pyridine rings is 1. The summed E-state index contributed by atoms with van der Waals surface area (Å²) in [5.41, 5.74) is 1.92. The maximum Gasteiger partial charge on any atom is 0.150 e. The zero-order valence-corrected chi connectivity index (χ0v) is 8.97. The van der Waals surface area contributed by atoms with Crippen molar-refractivity contribution in [3.05, 3.63) is 29.7 Å². The van der Waals surface area contributed by atoms with Gasteiger partial charge in [-0.2, -0.15) is 0 Å². The summed E-state index contributed by atoms with van der Waals surface area (Å²) < 4.78 is 14.3. The average Bonchev–Trinajstić information content (AvgIpc) is 2.18. The zero-order chi connectivity index (χ0) is 10.1. The standard InChI is InChI=1S/C10H12N2OS/c1-7(2)9-5-10-8(6-11-9)3-4-12-14(10)13/h3-7,12H,1-2H3. The van der Waals surface area contributed by atoms with Crippen molar-refractivity contribution in [2.75, 3.05) is 0 Å². The third-order valence-electron chi connectivity index (χ3n) is 2.15. The summed E-state index contributed by atoms with van der Waals surface area (Å²) >= 11 is 0. The van der Waals surface area contributed by atoms with Crippen LogP contribution in [0.15, 0.2) is 23.4 Å². The molecular formula is C10H12N2OS. The highest BCUT2D eigenvalue weighted by molar-refractivity contribution is 7.83. The first-order valence-electron chi connectivity index (χ1n) is 4.53. The van der Waals surface area contributed by atoms with E-state index in [1.165, 1.54) is 0 Å². The fraction of sp³-hybridized carbons (Fsp3) is 0.300. The molecule has 0 bridgehead atoms. The smallest absolute Gasteiger partial charge is 0.150 e. The summed E-state index contributed by atoms with van der Waals surface area (Å²) in [6, 6.07) is 1.91. The topological polar surface area (TPSA) is 42.0 Å². The van der Waals surface area contributed by atoms with E-state index >= 15 is 0 Å². The highest BCUT2D eigenvalue weighted by Crippen LogP contribution is 2.21. The lowest BCUT2D eigenvalue weighted by molar-refractivity contribution is 0.678. The summed E-state index contributed by atoms with van der Waals surface area (Å²) in [6.45, 7) is 4.15. The number of aromatic nitrogens is 1. The number of nitrogens with zero attached hydrogens (tertiary/aromatic N) is 1. The number of hydrogen-bond donors (Lipinski definition) is 1. The van der Waals surface area contributed by atoms with Crippen molar-refractivity contribution in [3.63, 3.8) is 0 Å². The third kappa shape index (κ3) is 1.57. The highest BCUT2D eigenvalue weighted by atomic mass is 32.2. The van der Waals surface area contributed by atoms with Crippen molar-refractivity contribution in [3.8, 4) is 0 Å². The Kier molecular flexibility index (Phi) is 2.37. The van der Waals surface area contributed by atoms with Gasteiger partial charge in [0, 0.05) is 23.7 Å². The van der Waals surface area contributed by atoms with E-state index in [1.54, 1.807) is 12.4 Å². The van der Waals surface area contributed by atoms with Gasteiger partial charge in [0.2, 0.25) is 0 Å². The molecule has 14 heavy (non-hydrogen) atoms. The van der Waals surface area contributed by atoms with Crippen LogP contribution >= 0.6 is 0 Å². The van der Waals surface area contributed by atoms with Crippen molar-refractivity contribution >= 4 is 17.1 Å². The van der Waals surface area contributed by atoms with Crippen molar-refractivity contribution < 1.29 is 4.21 Å². The summed E-state index contributed by atoms with van der Waals surface area (Å²) in [6.07, 6.45) is 5.35. The van der Waals surface area contributed by atoms with E-state index in [2.05, 4.69) is 23.6 Å². The predicted molar refractivity (Wildman–Crippen MR) is 56.9 cm³/mol. The molecule has 0 spiro atoms. The Morgan fingerprint density at radius 2 is 2.29 bits per heavy atom. The fourth-order valence-electron chi connectivity index (χ4n) is 1.31. The van der Waals surface area contributed by atoms with Gasteiger partial charge in [-0.1, -0.05) is 13.8 Å². The molecule has 0 fully saturated rings. The Bertz CT molecular complexity index is 413. The van der Waals surface area contributed by atoms with Crippen LogP contribution in [0.3, 0.4) is 0 Å². The van der Waals surface area contributed by atoms with Crippen LogP contribution in [0.1, 0.15) is 31.0 Å². The molecule has 1 aromatic heterocycles. The second-order valence-corrected chi connectivity index (χ2v) is 4.73. The van der Waals surface area contributed by atoms with E-state index in [1.807, 2.05) is 12.1 Å². The maximum absolute atomic E-state index is 11.6. The van der Waals surface area contributed by atoms with E-state index in [9.17, 15) is 4.21 Å². The molecule has 1 aliphatic rings. The van der Waals surface area contributed by atoms with Crippen LogP contribution in [0.25, 0.3) is 6.08 Å². The molecule has 2 rings (SSSR count). The van der Waals surface area contributed by atoms with Gasteiger partial charge >= 0.3 is 0 Å². The van der Waals surface area contributed by atoms with Gasteiger partial charge in [-0.25, -0.2) is 4.21 Å². The van der Waals surface area contributed by atoms with Gasteiger partial charge in [0.05, 0.1) is 4.90 Å². The monoisotopic (exact) mass is 208 g/mol. The van der Waals surface area contributed by atoms with Crippen LogP contribution < -0.4 is 4.72 Å². The number of fused-ring (bicyclic) bond motifs is 1. The molecule has 0 amide bonds. The molecule has 0 aromatic carbocycles. The van der Waals surface area contributed by atoms with Crippen LogP contribution in [-0.2, 0) is 11.0 Å². The minimum atomic E-state index is -1.12. The minimum Gasteiger partial charge on any atom is -0.308 e. The van der Waals surface area contributed by atoms with Crippen molar-refractivity contribution in [1.82, 2.24) is 9.71 Å². The lowest BCUT2D eigenvalue weighted by atomic mass is 10.1. The Morgan fingerprint density at radius 3 is 3.00 bits per heavy atom. The molecule has 0 aliphatic carbocycles. The molecule has 0 saturated heterocycles. The number of rotatable bonds is 1. The van der Waals surface area contributed by atoms with Gasteiger partial charge in [0.15, 0.2) is 11.0 Å². The molecule has 4 heteroatoms. The minimum absolute atomic E-state index is 0.364. The average molecular weight is 208 g/mol. The highest BCUT2D eigenvalue weighted by Gasteiger charge is 2.13. The molecule has 0 saturated carbocycles.